The lowest BCUT2D eigenvalue weighted by molar-refractivity contribution is 0.305. The molecular formula is C19H28N6O2S. The smallest absolute Gasteiger partial charge is 0.243 e. The number of nitrogens with two attached hydrogens (primary N) is 2. The van der Waals surface area contributed by atoms with Gasteiger partial charge in [0.05, 0.1) is 4.90 Å². The molecule has 0 radical (unpaired) electrons. The van der Waals surface area contributed by atoms with Gasteiger partial charge in [0.25, 0.3) is 0 Å². The number of nitrogens with zero attached hydrogens (tertiary/aromatic N) is 4. The topological polar surface area (TPSA) is 117 Å². The van der Waals surface area contributed by atoms with Crippen molar-refractivity contribution in [2.24, 2.45) is 21.5 Å². The molecule has 1 aliphatic carbocycles. The Labute approximate surface area is 166 Å². The highest BCUT2D eigenvalue weighted by Gasteiger charge is 2.42. The molecule has 9 heteroatoms. The molecule has 2 heterocycles. The Morgan fingerprint density at radius 1 is 0.893 bits per heavy atom. The van der Waals surface area contributed by atoms with Gasteiger partial charge in [-0.2, -0.15) is 9.30 Å². The van der Waals surface area contributed by atoms with Gasteiger partial charge in [0, 0.05) is 18.8 Å². The zero-order valence-corrected chi connectivity index (χ0v) is 16.9. The van der Waals surface area contributed by atoms with Gasteiger partial charge >= 0.3 is 0 Å². The quantitative estimate of drug-likeness (QED) is 0.799. The maximum Gasteiger partial charge on any atom is 0.243 e. The monoisotopic (exact) mass is 404 g/mol. The van der Waals surface area contributed by atoms with Crippen molar-refractivity contribution >= 4 is 27.6 Å². The molecule has 2 fully saturated rings. The van der Waals surface area contributed by atoms with Gasteiger partial charge in [-0.15, -0.1) is 0 Å². The third kappa shape index (κ3) is 3.37. The molecule has 8 nitrogen and oxygen atoms in total. The normalized spacial score (nSPS) is 23.4. The summed E-state index contributed by atoms with van der Waals surface area (Å²) >= 11 is 0. The fraction of sp³-hybridized carbons (Fsp3) is 0.579. The zero-order chi connectivity index (χ0) is 19.8. The van der Waals surface area contributed by atoms with Crippen molar-refractivity contribution in [3.63, 3.8) is 0 Å². The van der Waals surface area contributed by atoms with Gasteiger partial charge in [0.2, 0.25) is 21.9 Å². The Balaban J connectivity index is 1.65. The van der Waals surface area contributed by atoms with Crippen molar-refractivity contribution in [2.45, 2.75) is 61.9 Å². The van der Waals surface area contributed by atoms with E-state index in [0.717, 1.165) is 57.1 Å². The summed E-state index contributed by atoms with van der Waals surface area (Å²) < 4.78 is 27.4. The lowest BCUT2D eigenvalue weighted by Crippen LogP contribution is -2.58. The van der Waals surface area contributed by atoms with Crippen LogP contribution >= 0.6 is 0 Å². The van der Waals surface area contributed by atoms with Crippen molar-refractivity contribution in [1.29, 1.82) is 0 Å². The first kappa shape index (κ1) is 19.2. The van der Waals surface area contributed by atoms with Gasteiger partial charge in [0.1, 0.15) is 5.66 Å². The largest absolute Gasteiger partial charge is 0.369 e. The van der Waals surface area contributed by atoms with Crippen LogP contribution in [0, 0.1) is 0 Å². The standard InChI is InChI=1S/C19H28N6O2S/c20-17-22-18(21)25(19(23-17)11-3-1-4-12-19)15-7-9-16(10-8-15)28(26,27)24-13-5-2-6-14-24/h7-10H,1-6,11-14H2,(H4,20,21,22,23). The van der Waals surface area contributed by atoms with E-state index in [-0.39, 0.29) is 5.96 Å². The zero-order valence-electron chi connectivity index (χ0n) is 16.0. The molecule has 4 N–H and O–H groups in total. The van der Waals surface area contributed by atoms with Crippen molar-refractivity contribution in [2.75, 3.05) is 18.0 Å². The number of sulfonamides is 1. The van der Waals surface area contributed by atoms with Crippen LogP contribution in [0.5, 0.6) is 0 Å². The molecule has 1 saturated carbocycles. The van der Waals surface area contributed by atoms with Crippen molar-refractivity contribution in [1.82, 2.24) is 4.31 Å². The van der Waals surface area contributed by atoms with Crippen molar-refractivity contribution in [3.8, 4) is 0 Å². The first-order valence-corrected chi connectivity index (χ1v) is 11.5. The predicted octanol–water partition coefficient (Wildman–Crippen LogP) is 1.97. The minimum absolute atomic E-state index is 0.208. The Bertz CT molecular complexity index is 882. The molecule has 28 heavy (non-hydrogen) atoms. The van der Waals surface area contributed by atoms with E-state index < -0.39 is 15.7 Å². The summed E-state index contributed by atoms with van der Waals surface area (Å²) in [4.78, 5) is 11.0. The van der Waals surface area contributed by atoms with Crippen LogP contribution in [0.4, 0.5) is 5.69 Å². The van der Waals surface area contributed by atoms with E-state index in [1.165, 1.54) is 0 Å². The Hall–Kier alpha value is -2.13. The number of hydrogen-bond acceptors (Lipinski definition) is 7. The molecule has 3 aliphatic rings. The maximum absolute atomic E-state index is 12.9. The van der Waals surface area contributed by atoms with Gasteiger partial charge in [0.15, 0.2) is 0 Å². The fourth-order valence-corrected chi connectivity index (χ4v) is 6.03. The number of benzene rings is 1. The van der Waals surface area contributed by atoms with Crippen LogP contribution in [0.15, 0.2) is 39.1 Å². The second kappa shape index (κ2) is 7.36. The van der Waals surface area contributed by atoms with Crippen LogP contribution in [0.3, 0.4) is 0 Å². The Kier molecular flexibility index (Phi) is 5.05. The lowest BCUT2D eigenvalue weighted by Gasteiger charge is -2.45. The number of anilines is 1. The number of aliphatic imine (C=N–C) groups is 2. The predicted molar refractivity (Wildman–Crippen MR) is 111 cm³/mol. The molecule has 152 valence electrons. The van der Waals surface area contributed by atoms with Crippen LogP contribution in [-0.2, 0) is 10.0 Å². The van der Waals surface area contributed by atoms with Crippen LogP contribution in [0.2, 0.25) is 0 Å². The van der Waals surface area contributed by atoms with Gasteiger partial charge in [-0.25, -0.2) is 13.4 Å². The number of rotatable bonds is 3. The lowest BCUT2D eigenvalue weighted by atomic mass is 9.87. The Morgan fingerprint density at radius 3 is 2.14 bits per heavy atom. The third-order valence-electron chi connectivity index (χ3n) is 5.90. The minimum atomic E-state index is -3.46. The van der Waals surface area contributed by atoms with E-state index in [4.69, 9.17) is 11.5 Å². The first-order chi connectivity index (χ1) is 13.4. The highest BCUT2D eigenvalue weighted by atomic mass is 32.2. The molecule has 1 aromatic rings. The molecule has 0 atom stereocenters. The summed E-state index contributed by atoms with van der Waals surface area (Å²) in [6, 6.07) is 6.91. The highest BCUT2D eigenvalue weighted by molar-refractivity contribution is 7.89. The summed E-state index contributed by atoms with van der Waals surface area (Å²) in [6.07, 6.45) is 7.86. The van der Waals surface area contributed by atoms with Gasteiger partial charge < -0.3 is 11.5 Å². The average molecular weight is 405 g/mol. The minimum Gasteiger partial charge on any atom is -0.369 e. The van der Waals surface area contributed by atoms with Gasteiger partial charge in [-0.05, 0) is 62.8 Å². The molecule has 0 unspecified atom stereocenters. The molecule has 4 rings (SSSR count). The van der Waals surface area contributed by atoms with Crippen LogP contribution in [0.25, 0.3) is 0 Å². The van der Waals surface area contributed by atoms with E-state index in [1.54, 1.807) is 28.6 Å². The Morgan fingerprint density at radius 2 is 1.50 bits per heavy atom. The van der Waals surface area contributed by atoms with E-state index in [9.17, 15) is 8.42 Å². The van der Waals surface area contributed by atoms with Crippen molar-refractivity contribution < 1.29 is 8.42 Å². The van der Waals surface area contributed by atoms with Crippen LogP contribution < -0.4 is 16.4 Å². The van der Waals surface area contributed by atoms with E-state index in [2.05, 4.69) is 9.98 Å². The molecule has 1 aromatic carbocycles. The molecule has 1 saturated heterocycles. The summed E-state index contributed by atoms with van der Waals surface area (Å²) in [5.74, 6) is 0.515. The molecule has 0 amide bonds. The molecule has 2 aliphatic heterocycles. The SMILES string of the molecule is NC1=NC2(CCCCC2)N(c2ccc(S(=O)(=O)N3CCCCC3)cc2)C(N)=N1. The fourth-order valence-electron chi connectivity index (χ4n) is 4.52. The van der Waals surface area contributed by atoms with Crippen molar-refractivity contribution in [3.05, 3.63) is 24.3 Å². The summed E-state index contributed by atoms with van der Waals surface area (Å²) in [7, 11) is -3.46. The highest BCUT2D eigenvalue weighted by Crippen LogP contribution is 2.39. The second-order valence-electron chi connectivity index (χ2n) is 7.78. The molecule has 1 spiro atoms. The second-order valence-corrected chi connectivity index (χ2v) is 9.72. The van der Waals surface area contributed by atoms with E-state index >= 15 is 0 Å². The third-order valence-corrected chi connectivity index (χ3v) is 7.81. The number of hydrogen-bond donors (Lipinski definition) is 2. The molecule has 0 bridgehead atoms. The molecule has 0 aromatic heterocycles. The van der Waals surface area contributed by atoms with E-state index in [1.807, 2.05) is 4.90 Å². The van der Waals surface area contributed by atoms with Gasteiger partial charge in [-0.1, -0.05) is 12.8 Å². The maximum atomic E-state index is 12.9. The van der Waals surface area contributed by atoms with Crippen LogP contribution in [0.1, 0.15) is 51.4 Å². The number of guanidine groups is 2. The summed E-state index contributed by atoms with van der Waals surface area (Å²) in [5.41, 5.74) is 12.4. The molecular weight excluding hydrogens is 376 g/mol. The van der Waals surface area contributed by atoms with Gasteiger partial charge in [-0.3, -0.25) is 4.90 Å². The summed E-state index contributed by atoms with van der Waals surface area (Å²) in [6.45, 7) is 1.18. The van der Waals surface area contributed by atoms with Crippen LogP contribution in [-0.4, -0.2) is 43.4 Å². The summed E-state index contributed by atoms with van der Waals surface area (Å²) in [5, 5.41) is 0. The van der Waals surface area contributed by atoms with E-state index in [0.29, 0.717) is 23.9 Å². The number of piperidine rings is 1. The average Bonchev–Trinajstić information content (AvgIpc) is 2.69. The first-order valence-electron chi connectivity index (χ1n) is 10.0.